The summed E-state index contributed by atoms with van der Waals surface area (Å²) in [5.74, 6) is 0. The van der Waals surface area contributed by atoms with Gasteiger partial charge in [0.15, 0.2) is 0 Å². The number of benzene rings is 2. The Morgan fingerprint density at radius 3 is 2.50 bits per heavy atom. The number of anilines is 1. The predicted molar refractivity (Wildman–Crippen MR) is 100 cm³/mol. The molecule has 0 atom stereocenters. The minimum absolute atomic E-state index is 1.04. The lowest BCUT2D eigenvalue weighted by atomic mass is 10.1. The van der Waals surface area contributed by atoms with Gasteiger partial charge in [-0.1, -0.05) is 36.4 Å². The topological polar surface area (TPSA) is 19.4 Å². The summed E-state index contributed by atoms with van der Waals surface area (Å²) in [7, 11) is 0. The van der Waals surface area contributed by atoms with Gasteiger partial charge in [-0.2, -0.15) is 0 Å². The van der Waals surface area contributed by atoms with Crippen LogP contribution in [0.1, 0.15) is 11.1 Å². The summed E-state index contributed by atoms with van der Waals surface area (Å²) in [5.41, 5.74) is 5.11. The third kappa shape index (κ3) is 3.13. The van der Waals surface area contributed by atoms with Gasteiger partial charge in [-0.25, -0.2) is 0 Å². The maximum Gasteiger partial charge on any atom is 0.0935 e. The highest BCUT2D eigenvalue weighted by Crippen LogP contribution is 2.27. The van der Waals surface area contributed by atoms with E-state index >= 15 is 0 Å². The van der Waals surface area contributed by atoms with Gasteiger partial charge in [0.05, 0.1) is 11.2 Å². The number of hydrogen-bond donors (Lipinski definition) is 0. The zero-order valence-electron chi connectivity index (χ0n) is 14.2. The Morgan fingerprint density at radius 2 is 1.71 bits per heavy atom. The van der Waals surface area contributed by atoms with Gasteiger partial charge in [0, 0.05) is 44.3 Å². The zero-order chi connectivity index (χ0) is 16.4. The SMILES string of the molecule is Cc1cc(N2CCN(Cc3ccccc3)CC2)c2ncccc2c1. The van der Waals surface area contributed by atoms with Crippen molar-refractivity contribution in [1.82, 2.24) is 9.88 Å². The molecule has 2 heterocycles. The number of piperazine rings is 1. The van der Waals surface area contributed by atoms with Gasteiger partial charge in [-0.15, -0.1) is 0 Å². The lowest BCUT2D eigenvalue weighted by molar-refractivity contribution is 0.250. The molecule has 122 valence electrons. The molecule has 4 rings (SSSR count). The van der Waals surface area contributed by atoms with E-state index in [0.717, 1.165) is 38.2 Å². The van der Waals surface area contributed by atoms with Crippen LogP contribution in [0.15, 0.2) is 60.8 Å². The molecule has 0 spiro atoms. The Bertz CT molecular complexity index is 821. The van der Waals surface area contributed by atoms with Crippen molar-refractivity contribution < 1.29 is 0 Å². The molecule has 24 heavy (non-hydrogen) atoms. The summed E-state index contributed by atoms with van der Waals surface area (Å²) >= 11 is 0. The number of hydrogen-bond acceptors (Lipinski definition) is 3. The van der Waals surface area contributed by atoms with Crippen molar-refractivity contribution >= 4 is 16.6 Å². The molecular weight excluding hydrogens is 294 g/mol. The average Bonchev–Trinajstić information content (AvgIpc) is 2.62. The Labute approximate surface area is 143 Å². The number of aryl methyl sites for hydroxylation is 1. The van der Waals surface area contributed by atoms with E-state index < -0.39 is 0 Å². The lowest BCUT2D eigenvalue weighted by Crippen LogP contribution is -2.46. The first-order valence-corrected chi connectivity index (χ1v) is 8.66. The molecule has 0 radical (unpaired) electrons. The number of fused-ring (bicyclic) bond motifs is 1. The molecule has 1 saturated heterocycles. The van der Waals surface area contributed by atoms with E-state index in [9.17, 15) is 0 Å². The Hall–Kier alpha value is -2.39. The summed E-state index contributed by atoms with van der Waals surface area (Å²) in [4.78, 5) is 9.66. The Morgan fingerprint density at radius 1 is 0.917 bits per heavy atom. The van der Waals surface area contributed by atoms with Crippen LogP contribution in [-0.2, 0) is 6.54 Å². The number of nitrogens with zero attached hydrogens (tertiary/aromatic N) is 3. The molecule has 0 N–H and O–H groups in total. The van der Waals surface area contributed by atoms with Gasteiger partial charge in [-0.3, -0.25) is 9.88 Å². The van der Waals surface area contributed by atoms with Gasteiger partial charge < -0.3 is 4.90 Å². The highest BCUT2D eigenvalue weighted by Gasteiger charge is 2.19. The first-order valence-electron chi connectivity index (χ1n) is 8.66. The van der Waals surface area contributed by atoms with E-state index in [4.69, 9.17) is 0 Å². The fraction of sp³-hybridized carbons (Fsp3) is 0.286. The summed E-state index contributed by atoms with van der Waals surface area (Å²) in [6.45, 7) is 7.52. The third-order valence-electron chi connectivity index (χ3n) is 4.79. The lowest BCUT2D eigenvalue weighted by Gasteiger charge is -2.36. The third-order valence-corrected chi connectivity index (χ3v) is 4.79. The van der Waals surface area contributed by atoms with Crippen LogP contribution in [0.2, 0.25) is 0 Å². The second-order valence-electron chi connectivity index (χ2n) is 6.61. The standard InChI is InChI=1S/C21H23N3/c1-17-14-19-8-5-9-22-21(19)20(15-17)24-12-10-23(11-13-24)16-18-6-3-2-4-7-18/h2-9,14-15H,10-13,16H2,1H3. The van der Waals surface area contributed by atoms with Crippen LogP contribution in [0.25, 0.3) is 10.9 Å². The average molecular weight is 317 g/mol. The van der Waals surface area contributed by atoms with Gasteiger partial charge in [0.25, 0.3) is 0 Å². The molecule has 1 aliphatic heterocycles. The highest BCUT2D eigenvalue weighted by molar-refractivity contribution is 5.91. The van der Waals surface area contributed by atoms with E-state index in [1.54, 1.807) is 0 Å². The second kappa shape index (κ2) is 6.62. The smallest absolute Gasteiger partial charge is 0.0935 e. The minimum atomic E-state index is 1.04. The first-order chi connectivity index (χ1) is 11.8. The van der Waals surface area contributed by atoms with Crippen LogP contribution in [-0.4, -0.2) is 36.1 Å². The molecule has 1 fully saturated rings. The van der Waals surface area contributed by atoms with Crippen LogP contribution in [0.5, 0.6) is 0 Å². The van der Waals surface area contributed by atoms with E-state index in [2.05, 4.69) is 70.2 Å². The van der Waals surface area contributed by atoms with Crippen LogP contribution < -0.4 is 4.90 Å². The van der Waals surface area contributed by atoms with Crippen LogP contribution in [0, 0.1) is 6.92 Å². The molecule has 3 nitrogen and oxygen atoms in total. The highest BCUT2D eigenvalue weighted by atomic mass is 15.3. The van der Waals surface area contributed by atoms with Crippen molar-refractivity contribution in [3.05, 3.63) is 71.9 Å². The van der Waals surface area contributed by atoms with E-state index in [1.165, 1.54) is 22.2 Å². The van der Waals surface area contributed by atoms with Gasteiger partial charge >= 0.3 is 0 Å². The molecule has 1 aliphatic rings. The largest absolute Gasteiger partial charge is 0.367 e. The van der Waals surface area contributed by atoms with Crippen LogP contribution >= 0.6 is 0 Å². The summed E-state index contributed by atoms with van der Waals surface area (Å²) < 4.78 is 0. The molecule has 0 amide bonds. The normalized spacial score (nSPS) is 15.8. The molecule has 0 saturated carbocycles. The Kier molecular flexibility index (Phi) is 4.18. The van der Waals surface area contributed by atoms with Crippen LogP contribution in [0.4, 0.5) is 5.69 Å². The van der Waals surface area contributed by atoms with Crippen molar-refractivity contribution in [1.29, 1.82) is 0 Å². The molecular formula is C21H23N3. The quantitative estimate of drug-likeness (QED) is 0.731. The number of rotatable bonds is 3. The summed E-state index contributed by atoms with van der Waals surface area (Å²) in [6.07, 6.45) is 1.90. The fourth-order valence-electron chi connectivity index (χ4n) is 3.55. The number of pyridine rings is 1. The fourth-order valence-corrected chi connectivity index (χ4v) is 3.55. The first kappa shape index (κ1) is 15.2. The van der Waals surface area contributed by atoms with Crippen LogP contribution in [0.3, 0.4) is 0 Å². The molecule has 0 unspecified atom stereocenters. The molecule has 0 bridgehead atoms. The summed E-state index contributed by atoms with van der Waals surface area (Å²) in [5, 5.41) is 1.24. The molecule has 3 aromatic rings. The van der Waals surface area contributed by atoms with Crippen molar-refractivity contribution in [2.45, 2.75) is 13.5 Å². The number of aromatic nitrogens is 1. The van der Waals surface area contributed by atoms with Crippen molar-refractivity contribution in [3.8, 4) is 0 Å². The van der Waals surface area contributed by atoms with Gasteiger partial charge in [0.1, 0.15) is 0 Å². The van der Waals surface area contributed by atoms with Crippen molar-refractivity contribution in [2.24, 2.45) is 0 Å². The monoisotopic (exact) mass is 317 g/mol. The molecule has 0 aliphatic carbocycles. The molecule has 3 heteroatoms. The Balaban J connectivity index is 1.50. The minimum Gasteiger partial charge on any atom is -0.367 e. The van der Waals surface area contributed by atoms with E-state index in [1.807, 2.05) is 12.3 Å². The van der Waals surface area contributed by atoms with Crippen molar-refractivity contribution in [3.63, 3.8) is 0 Å². The maximum absolute atomic E-state index is 4.63. The second-order valence-corrected chi connectivity index (χ2v) is 6.61. The zero-order valence-corrected chi connectivity index (χ0v) is 14.2. The van der Waals surface area contributed by atoms with Gasteiger partial charge in [0.2, 0.25) is 0 Å². The van der Waals surface area contributed by atoms with Crippen molar-refractivity contribution in [2.75, 3.05) is 31.1 Å². The van der Waals surface area contributed by atoms with E-state index in [-0.39, 0.29) is 0 Å². The van der Waals surface area contributed by atoms with Gasteiger partial charge in [-0.05, 0) is 36.2 Å². The summed E-state index contributed by atoms with van der Waals surface area (Å²) in [6, 6.07) is 19.4. The van der Waals surface area contributed by atoms with E-state index in [0.29, 0.717) is 0 Å². The molecule has 2 aromatic carbocycles. The maximum atomic E-state index is 4.63. The molecule has 1 aromatic heterocycles. The predicted octanol–water partition coefficient (Wildman–Crippen LogP) is 3.87.